The largest absolute Gasteiger partial charge is 0.364 e. The summed E-state index contributed by atoms with van der Waals surface area (Å²) in [5, 5.41) is 3.18. The van der Waals surface area contributed by atoms with Crippen LogP contribution >= 0.6 is 0 Å². The Labute approximate surface area is 122 Å². The zero-order valence-electron chi connectivity index (χ0n) is 12.8. The molecule has 1 saturated heterocycles. The van der Waals surface area contributed by atoms with Crippen LogP contribution in [0, 0.1) is 5.92 Å². The van der Waals surface area contributed by atoms with Gasteiger partial charge in [0.25, 0.3) is 0 Å². The lowest BCUT2D eigenvalue weighted by Gasteiger charge is -2.29. The Kier molecular flexibility index (Phi) is 6.30. The molecule has 2 rings (SSSR count). The van der Waals surface area contributed by atoms with Crippen LogP contribution in [0.25, 0.3) is 0 Å². The van der Waals surface area contributed by atoms with Crippen LogP contribution in [0.2, 0.25) is 0 Å². The van der Waals surface area contributed by atoms with Gasteiger partial charge in [-0.25, -0.2) is 0 Å². The van der Waals surface area contributed by atoms with E-state index in [1.54, 1.807) is 0 Å². The Hall–Kier alpha value is -0.610. The zero-order chi connectivity index (χ0) is 14.4. The first-order chi connectivity index (χ1) is 9.72. The van der Waals surface area contributed by atoms with E-state index in [9.17, 15) is 4.79 Å². The highest BCUT2D eigenvalue weighted by Crippen LogP contribution is 2.28. The summed E-state index contributed by atoms with van der Waals surface area (Å²) in [5.74, 6) is 0.963. The second kappa shape index (κ2) is 7.99. The van der Waals surface area contributed by atoms with Crippen molar-refractivity contribution in [1.82, 2.24) is 5.32 Å². The van der Waals surface area contributed by atoms with Gasteiger partial charge in [0.05, 0.1) is 6.10 Å². The molecular weight excluding hydrogens is 252 g/mol. The molecule has 0 spiro atoms. The third-order valence-corrected chi connectivity index (χ3v) is 4.82. The van der Waals surface area contributed by atoms with Gasteiger partial charge in [0.15, 0.2) is 0 Å². The number of nitrogens with two attached hydrogens (primary N) is 1. The highest BCUT2D eigenvalue weighted by Gasteiger charge is 2.31. The van der Waals surface area contributed by atoms with Crippen molar-refractivity contribution < 1.29 is 9.53 Å². The number of carbonyl (C=O) groups excluding carboxylic acids is 1. The molecule has 0 aromatic rings. The summed E-state index contributed by atoms with van der Waals surface area (Å²) in [6.45, 7) is 2.77. The van der Waals surface area contributed by atoms with E-state index in [2.05, 4.69) is 12.2 Å². The Morgan fingerprint density at radius 3 is 2.55 bits per heavy atom. The van der Waals surface area contributed by atoms with Crippen LogP contribution in [0.3, 0.4) is 0 Å². The van der Waals surface area contributed by atoms with Gasteiger partial charge in [-0.1, -0.05) is 26.2 Å². The summed E-state index contributed by atoms with van der Waals surface area (Å²) in [4.78, 5) is 12.2. The van der Waals surface area contributed by atoms with E-state index in [-0.39, 0.29) is 18.1 Å². The van der Waals surface area contributed by atoms with Crippen LogP contribution < -0.4 is 11.1 Å². The molecule has 0 unspecified atom stereocenters. The van der Waals surface area contributed by atoms with Crippen LogP contribution in [0.1, 0.15) is 64.7 Å². The molecule has 0 aromatic heterocycles. The fraction of sp³-hybridized carbons (Fsp3) is 0.938. The van der Waals surface area contributed by atoms with E-state index in [1.807, 2.05) is 0 Å². The van der Waals surface area contributed by atoms with Crippen molar-refractivity contribution in [2.45, 2.75) is 83.0 Å². The average Bonchev–Trinajstić information content (AvgIpc) is 2.95. The highest BCUT2D eigenvalue weighted by atomic mass is 16.5. The van der Waals surface area contributed by atoms with E-state index in [4.69, 9.17) is 10.5 Å². The average molecular weight is 282 g/mol. The van der Waals surface area contributed by atoms with E-state index < -0.39 is 0 Å². The Morgan fingerprint density at radius 1 is 1.20 bits per heavy atom. The predicted octanol–water partition coefficient (Wildman–Crippen LogP) is 2.36. The summed E-state index contributed by atoms with van der Waals surface area (Å²) < 4.78 is 5.65. The minimum Gasteiger partial charge on any atom is -0.364 e. The minimum absolute atomic E-state index is 0.0792. The van der Waals surface area contributed by atoms with E-state index in [1.165, 1.54) is 32.1 Å². The molecule has 1 saturated carbocycles. The number of unbranched alkanes of at least 4 members (excludes halogenated alkanes) is 1. The molecule has 1 aliphatic heterocycles. The number of carbonyl (C=O) groups is 1. The first-order valence-electron chi connectivity index (χ1n) is 8.38. The fourth-order valence-corrected chi connectivity index (χ4v) is 3.45. The third kappa shape index (κ3) is 4.45. The van der Waals surface area contributed by atoms with Crippen LogP contribution in [0.4, 0.5) is 0 Å². The molecule has 0 radical (unpaired) electrons. The molecule has 1 aliphatic carbocycles. The Morgan fingerprint density at radius 2 is 1.95 bits per heavy atom. The summed E-state index contributed by atoms with van der Waals surface area (Å²) >= 11 is 0. The number of ether oxygens (including phenoxy) is 1. The second-order valence-corrected chi connectivity index (χ2v) is 6.43. The lowest BCUT2D eigenvalue weighted by molar-refractivity contribution is -0.132. The van der Waals surface area contributed by atoms with E-state index >= 15 is 0 Å². The number of rotatable bonds is 6. The van der Waals surface area contributed by atoms with Gasteiger partial charge in [-0.05, 0) is 44.4 Å². The van der Waals surface area contributed by atoms with Crippen molar-refractivity contribution >= 4 is 5.91 Å². The first kappa shape index (κ1) is 15.8. The summed E-state index contributed by atoms with van der Waals surface area (Å²) in [5.41, 5.74) is 5.58. The smallest absolute Gasteiger partial charge is 0.249 e. The van der Waals surface area contributed by atoms with Crippen molar-refractivity contribution in [3.8, 4) is 0 Å². The molecular formula is C16H30N2O2. The molecule has 2 fully saturated rings. The first-order valence-corrected chi connectivity index (χ1v) is 8.38. The second-order valence-electron chi connectivity index (χ2n) is 6.43. The van der Waals surface area contributed by atoms with Crippen LogP contribution in [0.15, 0.2) is 0 Å². The van der Waals surface area contributed by atoms with Gasteiger partial charge in [0.2, 0.25) is 5.91 Å². The van der Waals surface area contributed by atoms with Gasteiger partial charge < -0.3 is 15.8 Å². The van der Waals surface area contributed by atoms with Crippen LogP contribution in [-0.2, 0) is 9.53 Å². The molecule has 0 aromatic carbocycles. The van der Waals surface area contributed by atoms with Gasteiger partial charge in [-0.2, -0.15) is 0 Å². The maximum atomic E-state index is 12.2. The van der Waals surface area contributed by atoms with Crippen molar-refractivity contribution in [3.63, 3.8) is 0 Å². The molecule has 2 aliphatic rings. The summed E-state index contributed by atoms with van der Waals surface area (Å²) in [6, 6.07) is 0.362. The summed E-state index contributed by atoms with van der Waals surface area (Å²) in [7, 11) is 0. The maximum absolute atomic E-state index is 12.2. The molecule has 20 heavy (non-hydrogen) atoms. The normalized spacial score (nSPS) is 34.1. The van der Waals surface area contributed by atoms with Crippen molar-refractivity contribution in [2.24, 2.45) is 11.7 Å². The number of hydrogen-bond acceptors (Lipinski definition) is 3. The SMILES string of the molecule is CCCCC1CCC(NC(=O)[C@@H]2CC[C@H](CN)O2)CC1. The summed E-state index contributed by atoms with van der Waals surface area (Å²) in [6.07, 6.45) is 10.3. The fourth-order valence-electron chi connectivity index (χ4n) is 3.45. The molecule has 3 N–H and O–H groups in total. The van der Waals surface area contributed by atoms with Crippen LogP contribution in [0.5, 0.6) is 0 Å². The lowest BCUT2D eigenvalue weighted by atomic mass is 9.83. The Balaban J connectivity index is 1.66. The zero-order valence-corrected chi connectivity index (χ0v) is 12.8. The van der Waals surface area contributed by atoms with Crippen molar-refractivity contribution in [3.05, 3.63) is 0 Å². The topological polar surface area (TPSA) is 64.4 Å². The number of amides is 1. The van der Waals surface area contributed by atoms with Crippen molar-refractivity contribution in [1.29, 1.82) is 0 Å². The predicted molar refractivity (Wildman–Crippen MR) is 80.4 cm³/mol. The van der Waals surface area contributed by atoms with E-state index in [0.717, 1.165) is 31.6 Å². The minimum atomic E-state index is -0.263. The molecule has 0 bridgehead atoms. The molecule has 116 valence electrons. The van der Waals surface area contributed by atoms with Gasteiger partial charge >= 0.3 is 0 Å². The molecule has 4 nitrogen and oxygen atoms in total. The van der Waals surface area contributed by atoms with Crippen LogP contribution in [-0.4, -0.2) is 30.7 Å². The van der Waals surface area contributed by atoms with E-state index in [0.29, 0.717) is 12.6 Å². The number of hydrogen-bond donors (Lipinski definition) is 2. The Bertz CT molecular complexity index is 301. The van der Waals surface area contributed by atoms with Gasteiger partial charge in [-0.15, -0.1) is 0 Å². The molecule has 4 heteroatoms. The molecule has 2 atom stereocenters. The van der Waals surface area contributed by atoms with Gasteiger partial charge in [0.1, 0.15) is 6.10 Å². The standard InChI is InChI=1S/C16H30N2O2/c1-2-3-4-12-5-7-13(8-6-12)18-16(19)15-10-9-14(11-17)20-15/h12-15H,2-11,17H2,1H3,(H,18,19)/t12?,13?,14-,15+/m1/s1. The maximum Gasteiger partial charge on any atom is 0.249 e. The molecule has 1 heterocycles. The van der Waals surface area contributed by atoms with Gasteiger partial charge in [-0.3, -0.25) is 4.79 Å². The number of nitrogens with one attached hydrogen (secondary N) is 1. The quantitative estimate of drug-likeness (QED) is 0.786. The van der Waals surface area contributed by atoms with Gasteiger partial charge in [0, 0.05) is 12.6 Å². The monoisotopic (exact) mass is 282 g/mol. The molecule has 1 amide bonds. The lowest BCUT2D eigenvalue weighted by Crippen LogP contribution is -2.43. The van der Waals surface area contributed by atoms with Crippen molar-refractivity contribution in [2.75, 3.05) is 6.54 Å². The highest BCUT2D eigenvalue weighted by molar-refractivity contribution is 5.81. The third-order valence-electron chi connectivity index (χ3n) is 4.82.